The van der Waals surface area contributed by atoms with Crippen LogP contribution in [-0.2, 0) is 6.54 Å². The minimum atomic E-state index is 0.0729. The van der Waals surface area contributed by atoms with Crippen LogP contribution in [0, 0.1) is 6.92 Å². The van der Waals surface area contributed by atoms with Gasteiger partial charge in [0.05, 0.1) is 12.3 Å². The summed E-state index contributed by atoms with van der Waals surface area (Å²) in [6, 6.07) is 3.73. The molecule has 3 aromatic heterocycles. The van der Waals surface area contributed by atoms with E-state index in [0.717, 1.165) is 5.69 Å². The number of hydrogen-bond acceptors (Lipinski definition) is 5. The van der Waals surface area contributed by atoms with Gasteiger partial charge in [0, 0.05) is 19.2 Å². The largest absolute Gasteiger partial charge is 0.490 e. The first-order chi connectivity index (χ1) is 11.2. The highest BCUT2D eigenvalue weighted by atomic mass is 16.5. The molecule has 0 N–H and O–H groups in total. The van der Waals surface area contributed by atoms with Gasteiger partial charge in [0.25, 0.3) is 0 Å². The van der Waals surface area contributed by atoms with Crippen molar-refractivity contribution in [2.75, 3.05) is 6.61 Å². The van der Waals surface area contributed by atoms with Crippen molar-refractivity contribution in [3.8, 4) is 5.75 Å². The first-order valence-corrected chi connectivity index (χ1v) is 7.66. The third kappa shape index (κ3) is 3.08. The molecule has 0 aliphatic heterocycles. The minimum absolute atomic E-state index is 0.0729. The molecule has 0 atom stereocenters. The van der Waals surface area contributed by atoms with Crippen LogP contribution in [0.15, 0.2) is 31.0 Å². The lowest BCUT2D eigenvalue weighted by molar-refractivity contribution is 0.0972. The maximum atomic E-state index is 12.6. The van der Waals surface area contributed by atoms with Gasteiger partial charge in [-0.15, -0.1) is 0 Å². The van der Waals surface area contributed by atoms with Crippen molar-refractivity contribution < 1.29 is 9.53 Å². The highest BCUT2D eigenvalue weighted by Gasteiger charge is 2.18. The summed E-state index contributed by atoms with van der Waals surface area (Å²) in [4.78, 5) is 21.0. The normalized spacial score (nSPS) is 11.0. The predicted molar refractivity (Wildman–Crippen MR) is 84.7 cm³/mol. The number of hydrogen-bond donors (Lipinski definition) is 0. The van der Waals surface area contributed by atoms with Crippen LogP contribution in [0.5, 0.6) is 5.75 Å². The van der Waals surface area contributed by atoms with E-state index < -0.39 is 0 Å². The molecule has 23 heavy (non-hydrogen) atoms. The van der Waals surface area contributed by atoms with Crippen molar-refractivity contribution in [1.82, 2.24) is 24.1 Å². The molecule has 0 radical (unpaired) electrons. The van der Waals surface area contributed by atoms with Crippen LogP contribution in [-0.4, -0.2) is 36.5 Å². The molecule has 7 heteroatoms. The molecule has 0 bridgehead atoms. The molecular weight excluding hydrogens is 294 g/mol. The number of ether oxygens (including phenoxy) is 1. The zero-order valence-corrected chi connectivity index (χ0v) is 13.3. The highest BCUT2D eigenvalue weighted by molar-refractivity contribution is 5.96. The van der Waals surface area contributed by atoms with Gasteiger partial charge < -0.3 is 4.74 Å². The zero-order valence-electron chi connectivity index (χ0n) is 13.3. The lowest BCUT2D eigenvalue weighted by atomic mass is 10.1. The molecule has 0 saturated heterocycles. The summed E-state index contributed by atoms with van der Waals surface area (Å²) < 4.78 is 9.13. The van der Waals surface area contributed by atoms with Gasteiger partial charge in [0.15, 0.2) is 17.2 Å². The summed E-state index contributed by atoms with van der Waals surface area (Å²) in [6.45, 7) is 5.02. The highest BCUT2D eigenvalue weighted by Crippen LogP contribution is 2.23. The fraction of sp³-hybridized carbons (Fsp3) is 0.375. The van der Waals surface area contributed by atoms with Gasteiger partial charge in [-0.3, -0.25) is 13.9 Å². The monoisotopic (exact) mass is 313 g/mol. The second kappa shape index (κ2) is 6.60. The Labute approximate surface area is 133 Å². The van der Waals surface area contributed by atoms with E-state index in [1.807, 2.05) is 36.6 Å². The van der Waals surface area contributed by atoms with Gasteiger partial charge in [-0.25, -0.2) is 9.97 Å². The summed E-state index contributed by atoms with van der Waals surface area (Å²) in [5.74, 6) is 0.767. The standard InChI is InChI=1S/C16H19N5O2/c1-3-23-14-7-5-9-21-15(12(2)19-16(14)21)13(22)6-4-8-20-11-17-10-18-20/h5,7,9-11H,3-4,6,8H2,1-2H3. The molecule has 0 saturated carbocycles. The van der Waals surface area contributed by atoms with E-state index in [-0.39, 0.29) is 5.78 Å². The number of ketones is 1. The Bertz CT molecular complexity index is 807. The maximum Gasteiger partial charge on any atom is 0.181 e. The van der Waals surface area contributed by atoms with Gasteiger partial charge in [-0.1, -0.05) is 0 Å². The van der Waals surface area contributed by atoms with Gasteiger partial charge in [0.2, 0.25) is 0 Å². The average Bonchev–Trinajstić information content (AvgIpc) is 3.15. The molecule has 0 aliphatic carbocycles. The average molecular weight is 313 g/mol. The summed E-state index contributed by atoms with van der Waals surface area (Å²) in [6.07, 6.45) is 6.14. The predicted octanol–water partition coefficient (Wildman–Crippen LogP) is 2.30. The maximum absolute atomic E-state index is 12.6. The van der Waals surface area contributed by atoms with Crippen molar-refractivity contribution >= 4 is 11.4 Å². The van der Waals surface area contributed by atoms with Crippen LogP contribution < -0.4 is 4.74 Å². The number of Topliss-reactive ketones (excluding diaryl/α,β-unsaturated/α-hetero) is 1. The van der Waals surface area contributed by atoms with E-state index in [2.05, 4.69) is 15.1 Å². The van der Waals surface area contributed by atoms with Gasteiger partial charge in [-0.05, 0) is 32.4 Å². The Morgan fingerprint density at radius 1 is 1.39 bits per heavy atom. The molecule has 7 nitrogen and oxygen atoms in total. The Morgan fingerprint density at radius 3 is 3.00 bits per heavy atom. The molecule has 0 aliphatic rings. The number of aryl methyl sites for hydroxylation is 2. The number of aromatic nitrogens is 5. The summed E-state index contributed by atoms with van der Waals surface area (Å²) >= 11 is 0. The summed E-state index contributed by atoms with van der Waals surface area (Å²) in [7, 11) is 0. The quantitative estimate of drug-likeness (QED) is 0.626. The molecule has 3 heterocycles. The molecular formula is C16H19N5O2. The van der Waals surface area contributed by atoms with E-state index in [0.29, 0.717) is 43.1 Å². The van der Waals surface area contributed by atoms with Crippen LogP contribution in [0.4, 0.5) is 0 Å². The smallest absolute Gasteiger partial charge is 0.181 e. The first kappa shape index (κ1) is 15.2. The molecule has 0 fully saturated rings. The molecule has 120 valence electrons. The van der Waals surface area contributed by atoms with Crippen molar-refractivity contribution in [2.45, 2.75) is 33.2 Å². The topological polar surface area (TPSA) is 74.3 Å². The number of carbonyl (C=O) groups is 1. The van der Waals surface area contributed by atoms with E-state index in [1.54, 1.807) is 11.0 Å². The van der Waals surface area contributed by atoms with E-state index in [1.165, 1.54) is 6.33 Å². The lowest BCUT2D eigenvalue weighted by Gasteiger charge is -2.06. The summed E-state index contributed by atoms with van der Waals surface area (Å²) in [5.41, 5.74) is 2.04. The van der Waals surface area contributed by atoms with Gasteiger partial charge in [0.1, 0.15) is 18.3 Å². The van der Waals surface area contributed by atoms with Crippen molar-refractivity contribution in [1.29, 1.82) is 0 Å². The first-order valence-electron chi connectivity index (χ1n) is 7.66. The fourth-order valence-corrected chi connectivity index (χ4v) is 2.63. The molecule has 0 spiro atoms. The van der Waals surface area contributed by atoms with Crippen LogP contribution in [0.2, 0.25) is 0 Å². The Balaban J connectivity index is 1.79. The van der Waals surface area contributed by atoms with Crippen molar-refractivity contribution in [3.05, 3.63) is 42.4 Å². The number of carbonyl (C=O) groups excluding carboxylic acids is 1. The second-order valence-corrected chi connectivity index (χ2v) is 5.23. The third-order valence-corrected chi connectivity index (χ3v) is 3.61. The molecule has 0 amide bonds. The molecule has 3 aromatic rings. The number of rotatable bonds is 7. The van der Waals surface area contributed by atoms with E-state index in [4.69, 9.17) is 4.74 Å². The van der Waals surface area contributed by atoms with Crippen molar-refractivity contribution in [2.24, 2.45) is 0 Å². The lowest BCUT2D eigenvalue weighted by Crippen LogP contribution is -2.08. The van der Waals surface area contributed by atoms with Gasteiger partial charge in [-0.2, -0.15) is 5.10 Å². The minimum Gasteiger partial charge on any atom is -0.490 e. The zero-order chi connectivity index (χ0) is 16.2. The molecule has 0 unspecified atom stereocenters. The Hall–Kier alpha value is -2.70. The Kier molecular flexibility index (Phi) is 4.36. The number of fused-ring (bicyclic) bond motifs is 1. The van der Waals surface area contributed by atoms with Crippen LogP contribution in [0.25, 0.3) is 5.65 Å². The van der Waals surface area contributed by atoms with Crippen LogP contribution in [0.1, 0.15) is 35.9 Å². The molecule has 0 aromatic carbocycles. The molecule has 3 rings (SSSR count). The van der Waals surface area contributed by atoms with Crippen molar-refractivity contribution in [3.63, 3.8) is 0 Å². The number of imidazole rings is 1. The van der Waals surface area contributed by atoms with Gasteiger partial charge >= 0.3 is 0 Å². The number of pyridine rings is 1. The van der Waals surface area contributed by atoms with E-state index in [9.17, 15) is 4.79 Å². The third-order valence-electron chi connectivity index (χ3n) is 3.61. The second-order valence-electron chi connectivity index (χ2n) is 5.23. The van der Waals surface area contributed by atoms with Crippen LogP contribution in [0.3, 0.4) is 0 Å². The number of nitrogens with zero attached hydrogens (tertiary/aromatic N) is 5. The summed E-state index contributed by atoms with van der Waals surface area (Å²) in [5, 5.41) is 4.04. The van der Waals surface area contributed by atoms with Crippen LogP contribution >= 0.6 is 0 Å². The Morgan fingerprint density at radius 2 is 2.26 bits per heavy atom. The van der Waals surface area contributed by atoms with E-state index >= 15 is 0 Å². The SMILES string of the molecule is CCOc1cccn2c(C(=O)CCCn3cncn3)c(C)nc12. The fourth-order valence-electron chi connectivity index (χ4n) is 2.63.